The molecule has 8 nitrogen and oxygen atoms in total. The maximum absolute atomic E-state index is 14.7. The lowest BCUT2D eigenvalue weighted by atomic mass is 10.1. The Kier molecular flexibility index (Phi) is 8.42. The Balaban J connectivity index is 0.000000451. The average molecular weight is 499 g/mol. The minimum atomic E-state index is -5.08. The third kappa shape index (κ3) is 6.53. The lowest BCUT2D eigenvalue weighted by Crippen LogP contribution is -2.37. The van der Waals surface area contributed by atoms with E-state index in [4.69, 9.17) is 9.90 Å². The van der Waals surface area contributed by atoms with E-state index < -0.39 is 28.0 Å². The minimum absolute atomic E-state index is 0.193. The fourth-order valence-electron chi connectivity index (χ4n) is 3.15. The standard InChI is InChI=1S/C16H21FN4O2S2.C2HF3O2/c1-3-21(12-4-5-18-8-12)14-7-13(17)15(6-11(14)2)25(22,23)20-16-9-24-10-19-16;3-2(4,5)1(6)7/h6-7,9-10,12,18,20H,3-5,8H2,1-2H3;(H,6,7). The maximum atomic E-state index is 14.7. The molecule has 0 radical (unpaired) electrons. The summed E-state index contributed by atoms with van der Waals surface area (Å²) in [5.41, 5.74) is 2.98. The molecule has 0 spiro atoms. The SMILES string of the molecule is CCN(c1cc(F)c(S(=O)(=O)Nc2cscn2)cc1C)C1CCNC1.O=C(O)C(F)(F)F. The highest BCUT2D eigenvalue weighted by Crippen LogP contribution is 2.30. The van der Waals surface area contributed by atoms with Crippen LogP contribution in [0.25, 0.3) is 0 Å². The second-order valence-electron chi connectivity index (χ2n) is 6.78. The number of likely N-dealkylation sites (N-methyl/N-ethyl adjacent to an activating group) is 1. The number of hydrogen-bond acceptors (Lipinski definition) is 7. The molecule has 0 amide bonds. The first kappa shape index (κ1) is 25.8. The molecule has 3 rings (SSSR count). The zero-order valence-corrected chi connectivity index (χ0v) is 18.7. The van der Waals surface area contributed by atoms with E-state index in [1.165, 1.54) is 29.0 Å². The molecule has 0 saturated carbocycles. The Hall–Kier alpha value is -2.45. The van der Waals surface area contributed by atoms with Crippen molar-refractivity contribution in [3.63, 3.8) is 0 Å². The molecule has 1 saturated heterocycles. The van der Waals surface area contributed by atoms with E-state index in [-0.39, 0.29) is 10.7 Å². The molecular formula is C18H22F4N4O4S2. The summed E-state index contributed by atoms with van der Waals surface area (Å²) in [6.07, 6.45) is -4.10. The van der Waals surface area contributed by atoms with Gasteiger partial charge in [-0.25, -0.2) is 22.6 Å². The summed E-state index contributed by atoms with van der Waals surface area (Å²) in [6, 6.07) is 3.01. The highest BCUT2D eigenvalue weighted by Gasteiger charge is 2.38. The lowest BCUT2D eigenvalue weighted by Gasteiger charge is -2.31. The summed E-state index contributed by atoms with van der Waals surface area (Å²) < 4.78 is 73.6. The van der Waals surface area contributed by atoms with Gasteiger partial charge < -0.3 is 15.3 Å². The fraction of sp³-hybridized carbons (Fsp3) is 0.444. The van der Waals surface area contributed by atoms with Crippen LogP contribution in [-0.4, -0.2) is 56.3 Å². The van der Waals surface area contributed by atoms with Crippen LogP contribution in [0, 0.1) is 12.7 Å². The van der Waals surface area contributed by atoms with Crippen molar-refractivity contribution in [3.8, 4) is 0 Å². The van der Waals surface area contributed by atoms with Gasteiger partial charge in [-0.3, -0.25) is 4.72 Å². The van der Waals surface area contributed by atoms with Gasteiger partial charge in [0.25, 0.3) is 10.0 Å². The van der Waals surface area contributed by atoms with Crippen LogP contribution < -0.4 is 14.9 Å². The number of carboxylic acids is 1. The smallest absolute Gasteiger partial charge is 0.475 e. The summed E-state index contributed by atoms with van der Waals surface area (Å²) in [6.45, 7) is 6.34. The molecule has 1 atom stereocenters. The van der Waals surface area contributed by atoms with Gasteiger partial charge in [0.2, 0.25) is 0 Å². The molecule has 2 heterocycles. The molecule has 0 aliphatic carbocycles. The largest absolute Gasteiger partial charge is 0.490 e. The third-order valence-electron chi connectivity index (χ3n) is 4.58. The van der Waals surface area contributed by atoms with E-state index in [1.807, 2.05) is 13.8 Å². The number of hydrogen-bond donors (Lipinski definition) is 3. The number of benzene rings is 1. The van der Waals surface area contributed by atoms with Gasteiger partial charge in [0.05, 0.1) is 5.51 Å². The van der Waals surface area contributed by atoms with Gasteiger partial charge >= 0.3 is 12.1 Å². The predicted octanol–water partition coefficient (Wildman–Crippen LogP) is 3.21. The fourth-order valence-corrected chi connectivity index (χ4v) is 4.85. The average Bonchev–Trinajstić information content (AvgIpc) is 3.38. The number of carbonyl (C=O) groups is 1. The predicted molar refractivity (Wildman–Crippen MR) is 112 cm³/mol. The Labute approximate surface area is 186 Å². The van der Waals surface area contributed by atoms with Gasteiger partial charge in [-0.05, 0) is 44.5 Å². The number of thiazole rings is 1. The summed E-state index contributed by atoms with van der Waals surface area (Å²) in [5, 5.41) is 12.0. The first-order valence-electron chi connectivity index (χ1n) is 9.35. The second-order valence-corrected chi connectivity index (χ2v) is 9.15. The van der Waals surface area contributed by atoms with E-state index in [9.17, 15) is 26.0 Å². The number of nitrogens with one attached hydrogen (secondary N) is 2. The monoisotopic (exact) mass is 498 g/mol. The van der Waals surface area contributed by atoms with Crippen LogP contribution in [0.4, 0.5) is 29.1 Å². The van der Waals surface area contributed by atoms with Gasteiger partial charge in [0.1, 0.15) is 10.7 Å². The zero-order valence-electron chi connectivity index (χ0n) is 17.1. The van der Waals surface area contributed by atoms with E-state index in [0.29, 0.717) is 6.04 Å². The van der Waals surface area contributed by atoms with Crippen LogP contribution in [0.3, 0.4) is 0 Å². The van der Waals surface area contributed by atoms with E-state index >= 15 is 0 Å². The second kappa shape index (κ2) is 10.4. The van der Waals surface area contributed by atoms with Crippen LogP contribution in [-0.2, 0) is 14.8 Å². The van der Waals surface area contributed by atoms with Crippen molar-refractivity contribution in [1.29, 1.82) is 0 Å². The maximum Gasteiger partial charge on any atom is 0.490 e. The Morgan fingerprint density at radius 1 is 1.41 bits per heavy atom. The number of aromatic nitrogens is 1. The molecule has 32 heavy (non-hydrogen) atoms. The minimum Gasteiger partial charge on any atom is -0.475 e. The van der Waals surface area contributed by atoms with Crippen LogP contribution in [0.15, 0.2) is 27.9 Å². The first-order chi connectivity index (χ1) is 14.9. The highest BCUT2D eigenvalue weighted by atomic mass is 32.2. The van der Waals surface area contributed by atoms with E-state index in [0.717, 1.165) is 37.3 Å². The molecule has 1 aliphatic heterocycles. The van der Waals surface area contributed by atoms with Gasteiger partial charge in [0, 0.05) is 30.2 Å². The van der Waals surface area contributed by atoms with Crippen molar-refractivity contribution in [2.24, 2.45) is 0 Å². The topological polar surface area (TPSA) is 112 Å². The Bertz CT molecular complexity index is 1020. The third-order valence-corrected chi connectivity index (χ3v) is 6.54. The van der Waals surface area contributed by atoms with Crippen LogP contribution in [0.1, 0.15) is 18.9 Å². The van der Waals surface area contributed by atoms with Crippen molar-refractivity contribution in [2.75, 3.05) is 29.3 Å². The summed E-state index contributed by atoms with van der Waals surface area (Å²) in [7, 11) is -4.02. The molecule has 14 heteroatoms. The zero-order chi connectivity index (χ0) is 24.1. The molecule has 1 aliphatic rings. The van der Waals surface area contributed by atoms with E-state index in [2.05, 4.69) is 19.9 Å². The molecule has 178 valence electrons. The van der Waals surface area contributed by atoms with Gasteiger partial charge in [-0.15, -0.1) is 11.3 Å². The van der Waals surface area contributed by atoms with Crippen molar-refractivity contribution in [2.45, 2.75) is 37.4 Å². The Morgan fingerprint density at radius 3 is 2.53 bits per heavy atom. The molecule has 0 bridgehead atoms. The first-order valence-corrected chi connectivity index (χ1v) is 11.8. The highest BCUT2D eigenvalue weighted by molar-refractivity contribution is 7.92. The molecule has 1 aromatic heterocycles. The van der Waals surface area contributed by atoms with Crippen molar-refractivity contribution in [3.05, 3.63) is 34.4 Å². The molecule has 1 fully saturated rings. The van der Waals surface area contributed by atoms with Crippen molar-refractivity contribution < 1.29 is 35.9 Å². The number of aliphatic carboxylic acids is 1. The number of halogens is 4. The van der Waals surface area contributed by atoms with Gasteiger partial charge in [-0.1, -0.05) is 0 Å². The Morgan fingerprint density at radius 2 is 2.06 bits per heavy atom. The quantitative estimate of drug-likeness (QED) is 0.525. The van der Waals surface area contributed by atoms with Crippen LogP contribution in [0.5, 0.6) is 0 Å². The molecule has 2 aromatic rings. The van der Waals surface area contributed by atoms with E-state index in [1.54, 1.807) is 5.38 Å². The molecule has 3 N–H and O–H groups in total. The summed E-state index contributed by atoms with van der Waals surface area (Å²) in [4.78, 5) is 14.5. The van der Waals surface area contributed by atoms with Crippen LogP contribution >= 0.6 is 11.3 Å². The lowest BCUT2D eigenvalue weighted by molar-refractivity contribution is -0.192. The number of anilines is 2. The van der Waals surface area contributed by atoms with Gasteiger partial charge in [-0.2, -0.15) is 13.2 Å². The number of aryl methyl sites for hydroxylation is 1. The number of sulfonamides is 1. The van der Waals surface area contributed by atoms with Crippen LogP contribution in [0.2, 0.25) is 0 Å². The van der Waals surface area contributed by atoms with Crippen molar-refractivity contribution >= 4 is 38.8 Å². The molecular weight excluding hydrogens is 476 g/mol. The van der Waals surface area contributed by atoms with Crippen molar-refractivity contribution in [1.82, 2.24) is 10.3 Å². The number of alkyl halides is 3. The summed E-state index contributed by atoms with van der Waals surface area (Å²) >= 11 is 1.26. The molecule has 1 aromatic carbocycles. The van der Waals surface area contributed by atoms with Gasteiger partial charge in [0.15, 0.2) is 5.82 Å². The number of carboxylic acid groups (broad SMARTS) is 1. The number of rotatable bonds is 6. The number of nitrogens with zero attached hydrogens (tertiary/aromatic N) is 2. The summed E-state index contributed by atoms with van der Waals surface area (Å²) in [5.74, 6) is -3.32. The molecule has 1 unspecified atom stereocenters. The normalized spacial score (nSPS) is 16.2.